The molecule has 2 N–H and O–H groups in total. The summed E-state index contributed by atoms with van der Waals surface area (Å²) in [6.07, 6.45) is 34.1. The van der Waals surface area contributed by atoms with Crippen LogP contribution in [0.15, 0.2) is 30.3 Å². The van der Waals surface area contributed by atoms with E-state index in [-0.39, 0.29) is 12.1 Å². The first-order chi connectivity index (χ1) is 23.8. The van der Waals surface area contributed by atoms with Crippen LogP contribution in [0.3, 0.4) is 0 Å². The van der Waals surface area contributed by atoms with Gasteiger partial charge in [0.1, 0.15) is 6.10 Å². The molecule has 9 heteroatoms. The highest BCUT2D eigenvalue weighted by Crippen LogP contribution is 2.17. The van der Waals surface area contributed by atoms with Crippen molar-refractivity contribution >= 4 is 5.97 Å². The molecule has 1 unspecified atom stereocenters. The van der Waals surface area contributed by atoms with Gasteiger partial charge in [0.25, 0.3) is 0 Å². The molecule has 1 atom stereocenters. The van der Waals surface area contributed by atoms with E-state index in [1.807, 2.05) is 30.3 Å². The van der Waals surface area contributed by atoms with Crippen LogP contribution in [0.2, 0.25) is 0 Å². The summed E-state index contributed by atoms with van der Waals surface area (Å²) in [5.41, 5.74) is 0.626. The average Bonchev–Trinajstić information content (AvgIpc) is 3.11. The van der Waals surface area contributed by atoms with Crippen molar-refractivity contribution in [3.05, 3.63) is 35.9 Å². The molecule has 9 nitrogen and oxygen atoms in total. The van der Waals surface area contributed by atoms with Gasteiger partial charge in [-0.3, -0.25) is 0 Å². The van der Waals surface area contributed by atoms with Crippen LogP contribution in [0.25, 0.3) is 0 Å². The first-order valence-corrected chi connectivity index (χ1v) is 19.7. The average molecular weight is 682 g/mol. The predicted octanol–water partition coefficient (Wildman–Crippen LogP) is 11.6. The highest BCUT2D eigenvalue weighted by Gasteiger charge is 2.15. The monoisotopic (exact) mass is 682 g/mol. The van der Waals surface area contributed by atoms with Crippen LogP contribution in [-0.2, 0) is 29.8 Å². The minimum atomic E-state index is -0.213. The number of carbonyl (C=O) groups is 1. The van der Waals surface area contributed by atoms with E-state index in [4.69, 9.17) is 9.99 Å². The lowest BCUT2D eigenvalue weighted by Gasteiger charge is -2.18. The molecule has 0 bridgehead atoms. The van der Waals surface area contributed by atoms with Gasteiger partial charge in [-0.1, -0.05) is 166 Å². The maximum absolute atomic E-state index is 12.7. The summed E-state index contributed by atoms with van der Waals surface area (Å²) in [6, 6.07) is 9.34. The van der Waals surface area contributed by atoms with Crippen LogP contribution in [0, 0.1) is 0 Å². The van der Waals surface area contributed by atoms with Crippen molar-refractivity contribution in [3.8, 4) is 0 Å². The van der Waals surface area contributed by atoms with Gasteiger partial charge >= 0.3 is 5.97 Å². The zero-order valence-corrected chi connectivity index (χ0v) is 30.5. The van der Waals surface area contributed by atoms with Crippen molar-refractivity contribution in [3.63, 3.8) is 0 Å². The van der Waals surface area contributed by atoms with Crippen LogP contribution < -0.4 is 5.32 Å². The van der Waals surface area contributed by atoms with Crippen molar-refractivity contribution in [2.45, 2.75) is 186 Å². The van der Waals surface area contributed by atoms with E-state index in [9.17, 15) is 4.79 Å². The molecular weight excluding hydrogens is 610 g/mol. The number of hydrogen-bond acceptors (Lipinski definition) is 9. The number of hydrogen-bond donors (Lipinski definition) is 2. The highest BCUT2D eigenvalue weighted by atomic mass is 17.8. The topological polar surface area (TPSA) is 105 Å². The lowest BCUT2D eigenvalue weighted by Crippen LogP contribution is -2.25. The molecule has 0 saturated carbocycles. The first kappa shape index (κ1) is 44.4. The molecule has 280 valence electrons. The summed E-state index contributed by atoms with van der Waals surface area (Å²) in [6.45, 7) is 4.59. The fourth-order valence-corrected chi connectivity index (χ4v) is 6.09. The third-order valence-electron chi connectivity index (χ3n) is 9.02. The van der Waals surface area contributed by atoms with Gasteiger partial charge in [0.15, 0.2) is 0 Å². The molecular formula is C39H71NO8. The molecule has 0 fully saturated rings. The highest BCUT2D eigenvalue weighted by molar-refractivity contribution is 5.89. The molecule has 0 aromatic heterocycles. The fourth-order valence-electron chi connectivity index (χ4n) is 6.09. The number of ether oxygens (including phenoxy) is 1. The van der Waals surface area contributed by atoms with Gasteiger partial charge in [-0.2, -0.15) is 0 Å². The van der Waals surface area contributed by atoms with E-state index in [1.54, 1.807) is 0 Å². The van der Waals surface area contributed by atoms with E-state index in [1.165, 1.54) is 128 Å². The minimum absolute atomic E-state index is 0.0460. The van der Waals surface area contributed by atoms with Gasteiger partial charge in [-0.15, -0.1) is 0 Å². The number of rotatable bonds is 38. The van der Waals surface area contributed by atoms with Gasteiger partial charge in [0.2, 0.25) is 0 Å². The Labute approximate surface area is 292 Å². The van der Waals surface area contributed by atoms with E-state index >= 15 is 0 Å². The van der Waals surface area contributed by atoms with Gasteiger partial charge in [-0.05, 0) is 77.5 Å². The van der Waals surface area contributed by atoms with Crippen LogP contribution in [0.4, 0.5) is 0 Å². The van der Waals surface area contributed by atoms with Gasteiger partial charge in [-0.25, -0.2) is 14.9 Å². The first-order valence-electron chi connectivity index (χ1n) is 19.7. The molecule has 1 aromatic carbocycles. The van der Waals surface area contributed by atoms with Gasteiger partial charge in [0, 0.05) is 0 Å². The largest absolute Gasteiger partial charge is 0.459 e. The summed E-state index contributed by atoms with van der Waals surface area (Å²) >= 11 is 0. The van der Waals surface area contributed by atoms with Crippen molar-refractivity contribution in [1.82, 2.24) is 5.32 Å². The van der Waals surface area contributed by atoms with Crippen LogP contribution in [0.1, 0.15) is 191 Å². The molecule has 1 rings (SSSR count). The molecule has 0 aliphatic rings. The SMILES string of the molecule is CCCCCCCCCCCCCCCCCCNCCC(CCCCCCCCCCCOOOOOO)OC(=O)c1ccccc1. The van der Waals surface area contributed by atoms with Crippen molar-refractivity contribution in [2.75, 3.05) is 19.7 Å². The number of benzene rings is 1. The Hall–Kier alpha value is -1.59. The van der Waals surface area contributed by atoms with E-state index in [0.717, 1.165) is 58.0 Å². The van der Waals surface area contributed by atoms with E-state index in [2.05, 4.69) is 37.3 Å². The smallest absolute Gasteiger partial charge is 0.338 e. The lowest BCUT2D eigenvalue weighted by molar-refractivity contribution is -0.753. The van der Waals surface area contributed by atoms with Crippen LogP contribution >= 0.6 is 0 Å². The van der Waals surface area contributed by atoms with Crippen molar-refractivity contribution in [1.29, 1.82) is 0 Å². The maximum atomic E-state index is 12.7. The minimum Gasteiger partial charge on any atom is -0.459 e. The number of esters is 1. The second-order valence-electron chi connectivity index (χ2n) is 13.3. The Morgan fingerprint density at radius 1 is 0.583 bits per heavy atom. The number of nitrogens with one attached hydrogen (secondary N) is 1. The zero-order chi connectivity index (χ0) is 34.4. The van der Waals surface area contributed by atoms with Crippen LogP contribution in [-0.4, -0.2) is 37.0 Å². The third kappa shape index (κ3) is 30.5. The Morgan fingerprint density at radius 2 is 1.08 bits per heavy atom. The molecule has 0 aliphatic heterocycles. The van der Waals surface area contributed by atoms with Gasteiger partial charge < -0.3 is 10.1 Å². The maximum Gasteiger partial charge on any atom is 0.338 e. The Morgan fingerprint density at radius 3 is 1.62 bits per heavy atom. The normalized spacial score (nSPS) is 12.0. The van der Waals surface area contributed by atoms with E-state index < -0.39 is 0 Å². The Balaban J connectivity index is 2.04. The Kier molecular flexibility index (Phi) is 34.0. The summed E-state index contributed by atoms with van der Waals surface area (Å²) in [5.74, 6) is -0.213. The summed E-state index contributed by atoms with van der Waals surface area (Å²) < 4.78 is 5.96. The fraction of sp³-hybridized carbons (Fsp3) is 0.821. The number of unbranched alkanes of at least 4 members (excludes halogenated alkanes) is 23. The molecule has 0 aliphatic carbocycles. The second kappa shape index (κ2) is 36.7. The third-order valence-corrected chi connectivity index (χ3v) is 9.02. The standard InChI is InChI=1S/C39H71NO8/c1-2-3-4-5-6-7-8-9-10-11-12-13-16-19-22-28-34-40-35-33-38(44-39(41)37-30-25-24-26-31-37)32-27-21-18-15-14-17-20-23-29-36-43-46-48-47-45-42/h24-26,30-31,38,40,42H,2-23,27-29,32-36H2,1H3. The van der Waals surface area contributed by atoms with Crippen LogP contribution in [0.5, 0.6) is 0 Å². The molecule has 0 spiro atoms. The summed E-state index contributed by atoms with van der Waals surface area (Å²) in [7, 11) is 0. The summed E-state index contributed by atoms with van der Waals surface area (Å²) in [4.78, 5) is 17.4. The predicted molar refractivity (Wildman–Crippen MR) is 192 cm³/mol. The molecule has 0 radical (unpaired) electrons. The zero-order valence-electron chi connectivity index (χ0n) is 30.5. The molecule has 0 saturated heterocycles. The van der Waals surface area contributed by atoms with Crippen molar-refractivity contribution in [2.24, 2.45) is 0 Å². The molecule has 48 heavy (non-hydrogen) atoms. The second-order valence-corrected chi connectivity index (χ2v) is 13.3. The summed E-state index contributed by atoms with van der Waals surface area (Å²) in [5, 5.41) is 26.3. The van der Waals surface area contributed by atoms with E-state index in [0.29, 0.717) is 12.2 Å². The van der Waals surface area contributed by atoms with Crippen molar-refractivity contribution < 1.29 is 39.8 Å². The number of carbonyl (C=O) groups excluding carboxylic acids is 1. The molecule has 0 amide bonds. The van der Waals surface area contributed by atoms with Gasteiger partial charge in [0.05, 0.1) is 12.2 Å². The lowest BCUT2D eigenvalue weighted by atomic mass is 10.0. The molecule has 0 heterocycles. The Bertz CT molecular complexity index is 785. The molecule has 1 aromatic rings. The quantitative estimate of drug-likeness (QED) is 0.0305.